The van der Waals surface area contributed by atoms with Crippen LogP contribution in [0.1, 0.15) is 44.3 Å². The number of nitrogens with zero attached hydrogens (tertiary/aromatic N) is 6. The summed E-state index contributed by atoms with van der Waals surface area (Å²) in [5.74, 6) is 2.95. The molecule has 0 N–H and O–H groups in total. The molecule has 0 unspecified atom stereocenters. The van der Waals surface area contributed by atoms with Crippen LogP contribution in [0.3, 0.4) is 0 Å². The van der Waals surface area contributed by atoms with Crippen LogP contribution in [0, 0.1) is 0 Å². The Morgan fingerprint density at radius 2 is 2.24 bits per heavy atom. The highest BCUT2D eigenvalue weighted by molar-refractivity contribution is 8.00. The number of amides is 1. The quantitative estimate of drug-likeness (QED) is 0.785. The molecular formula is C17H26N6OS. The third-order valence-corrected chi connectivity index (χ3v) is 5.64. The maximum absolute atomic E-state index is 12.4. The van der Waals surface area contributed by atoms with Gasteiger partial charge < -0.3 is 14.0 Å². The minimum absolute atomic E-state index is 0.240. The Kier molecular flexibility index (Phi) is 5.78. The van der Waals surface area contributed by atoms with Gasteiger partial charge in [0.2, 0.25) is 5.91 Å². The van der Waals surface area contributed by atoms with Gasteiger partial charge in [0.25, 0.3) is 0 Å². The first-order valence-electron chi connectivity index (χ1n) is 8.78. The number of aromatic nitrogens is 5. The maximum atomic E-state index is 12.4. The van der Waals surface area contributed by atoms with Crippen LogP contribution in [0.2, 0.25) is 0 Å². The summed E-state index contributed by atoms with van der Waals surface area (Å²) in [5.41, 5.74) is 0. The molecule has 7 nitrogen and oxygen atoms in total. The lowest BCUT2D eigenvalue weighted by molar-refractivity contribution is -0.129. The summed E-state index contributed by atoms with van der Waals surface area (Å²) in [5, 5.41) is 9.26. The van der Waals surface area contributed by atoms with Gasteiger partial charge in [-0.2, -0.15) is 0 Å². The number of piperidine rings is 1. The van der Waals surface area contributed by atoms with E-state index >= 15 is 0 Å². The molecule has 0 spiro atoms. The molecule has 3 heterocycles. The fourth-order valence-electron chi connectivity index (χ4n) is 3.16. The number of hydrogen-bond donors (Lipinski definition) is 0. The van der Waals surface area contributed by atoms with E-state index in [0.29, 0.717) is 17.5 Å². The highest BCUT2D eigenvalue weighted by atomic mass is 32.2. The van der Waals surface area contributed by atoms with Crippen molar-refractivity contribution in [2.75, 3.05) is 18.8 Å². The normalized spacial score (nSPS) is 18.1. The number of carbonyl (C=O) groups is 1. The highest BCUT2D eigenvalue weighted by Crippen LogP contribution is 2.26. The Labute approximate surface area is 152 Å². The van der Waals surface area contributed by atoms with Gasteiger partial charge in [0.15, 0.2) is 5.82 Å². The van der Waals surface area contributed by atoms with E-state index in [-0.39, 0.29) is 11.8 Å². The Hall–Kier alpha value is -1.83. The molecule has 8 heteroatoms. The molecule has 25 heavy (non-hydrogen) atoms. The molecule has 1 saturated heterocycles. The largest absolute Gasteiger partial charge is 0.341 e. The van der Waals surface area contributed by atoms with Crippen LogP contribution in [0.4, 0.5) is 0 Å². The van der Waals surface area contributed by atoms with Gasteiger partial charge in [-0.3, -0.25) is 4.79 Å². The molecule has 0 radical (unpaired) electrons. The van der Waals surface area contributed by atoms with Crippen molar-refractivity contribution in [1.82, 2.24) is 29.2 Å². The lowest BCUT2D eigenvalue weighted by Gasteiger charge is -2.32. The first kappa shape index (κ1) is 18.0. The first-order chi connectivity index (χ1) is 12.0. The Morgan fingerprint density at radius 1 is 1.40 bits per heavy atom. The number of likely N-dealkylation sites (tertiary alicyclic amines) is 1. The SMILES string of the molecule is CC(C)SCC(=O)N1CCC[C@@H](c2nnc(Cn3ccnc3)n2C)C1. The smallest absolute Gasteiger partial charge is 0.232 e. The van der Waals surface area contributed by atoms with Crippen LogP contribution in [0.25, 0.3) is 0 Å². The predicted octanol–water partition coefficient (Wildman–Crippen LogP) is 1.91. The average Bonchev–Trinajstić information content (AvgIpc) is 3.24. The van der Waals surface area contributed by atoms with Crippen LogP contribution in [0.5, 0.6) is 0 Å². The predicted molar refractivity (Wildman–Crippen MR) is 98.5 cm³/mol. The van der Waals surface area contributed by atoms with Gasteiger partial charge in [-0.05, 0) is 18.1 Å². The van der Waals surface area contributed by atoms with Crippen molar-refractivity contribution < 1.29 is 4.79 Å². The minimum Gasteiger partial charge on any atom is -0.341 e. The molecule has 1 fully saturated rings. The highest BCUT2D eigenvalue weighted by Gasteiger charge is 2.28. The molecule has 0 saturated carbocycles. The molecule has 0 bridgehead atoms. The summed E-state index contributed by atoms with van der Waals surface area (Å²) in [6.45, 7) is 6.50. The summed E-state index contributed by atoms with van der Waals surface area (Å²) >= 11 is 1.71. The third kappa shape index (κ3) is 4.42. The van der Waals surface area contributed by atoms with Crippen molar-refractivity contribution >= 4 is 17.7 Å². The van der Waals surface area contributed by atoms with Crippen molar-refractivity contribution in [2.24, 2.45) is 7.05 Å². The number of imidazole rings is 1. The van der Waals surface area contributed by atoms with Crippen molar-refractivity contribution in [3.05, 3.63) is 30.4 Å². The van der Waals surface area contributed by atoms with Crippen LogP contribution in [-0.4, -0.2) is 59.2 Å². The fourth-order valence-corrected chi connectivity index (χ4v) is 3.81. The van der Waals surface area contributed by atoms with Crippen LogP contribution < -0.4 is 0 Å². The van der Waals surface area contributed by atoms with Gasteiger partial charge >= 0.3 is 0 Å². The number of thioether (sulfide) groups is 1. The molecule has 1 atom stereocenters. The second kappa shape index (κ2) is 8.03. The number of carbonyl (C=O) groups excluding carboxylic acids is 1. The topological polar surface area (TPSA) is 68.8 Å². The zero-order chi connectivity index (χ0) is 17.8. The van der Waals surface area contributed by atoms with Gasteiger partial charge in [0.1, 0.15) is 5.82 Å². The van der Waals surface area contributed by atoms with Gasteiger partial charge in [-0.15, -0.1) is 22.0 Å². The summed E-state index contributed by atoms with van der Waals surface area (Å²) in [4.78, 5) is 18.5. The molecule has 2 aromatic heterocycles. The average molecular weight is 363 g/mol. The molecule has 0 aromatic carbocycles. The molecular weight excluding hydrogens is 336 g/mol. The summed E-state index contributed by atoms with van der Waals surface area (Å²) < 4.78 is 4.05. The second-order valence-electron chi connectivity index (χ2n) is 6.81. The molecule has 136 valence electrons. The van der Waals surface area contributed by atoms with Crippen LogP contribution >= 0.6 is 11.8 Å². The molecule has 3 rings (SSSR count). The van der Waals surface area contributed by atoms with Crippen molar-refractivity contribution in [3.63, 3.8) is 0 Å². The summed E-state index contributed by atoms with van der Waals surface area (Å²) in [7, 11) is 2.01. The van der Waals surface area contributed by atoms with E-state index in [9.17, 15) is 4.79 Å². The molecule has 1 aliphatic rings. The lowest BCUT2D eigenvalue weighted by atomic mass is 9.97. The van der Waals surface area contributed by atoms with Crippen LogP contribution in [0.15, 0.2) is 18.7 Å². The summed E-state index contributed by atoms with van der Waals surface area (Å²) in [6, 6.07) is 0. The van der Waals surface area contributed by atoms with Gasteiger partial charge in [0.05, 0.1) is 18.6 Å². The zero-order valence-corrected chi connectivity index (χ0v) is 15.9. The first-order valence-corrected chi connectivity index (χ1v) is 9.82. The maximum Gasteiger partial charge on any atom is 0.232 e. The Morgan fingerprint density at radius 3 is 2.96 bits per heavy atom. The van der Waals surface area contributed by atoms with Gasteiger partial charge in [-0.1, -0.05) is 13.8 Å². The molecule has 1 aliphatic heterocycles. The van der Waals surface area contributed by atoms with Gasteiger partial charge in [0, 0.05) is 38.4 Å². The standard InChI is InChI=1S/C17H26N6OS/c1-13(2)25-11-16(24)23-7-4-5-14(9-23)17-20-19-15(21(17)3)10-22-8-6-18-12-22/h6,8,12-14H,4-5,7,9-11H2,1-3H3/t14-/m1/s1. The minimum atomic E-state index is 0.240. The Balaban J connectivity index is 1.65. The van der Waals surface area contributed by atoms with E-state index in [1.807, 2.05) is 22.7 Å². The third-order valence-electron chi connectivity index (χ3n) is 4.56. The fraction of sp³-hybridized carbons (Fsp3) is 0.647. The van der Waals surface area contributed by atoms with Gasteiger partial charge in [-0.25, -0.2) is 4.98 Å². The van der Waals surface area contributed by atoms with E-state index in [4.69, 9.17) is 0 Å². The zero-order valence-electron chi connectivity index (χ0n) is 15.1. The molecule has 1 amide bonds. The van der Waals surface area contributed by atoms with E-state index < -0.39 is 0 Å². The van der Waals surface area contributed by atoms with Crippen LogP contribution in [-0.2, 0) is 18.4 Å². The Bertz CT molecular complexity index is 696. The van der Waals surface area contributed by atoms with E-state index in [1.165, 1.54) is 0 Å². The number of hydrogen-bond acceptors (Lipinski definition) is 5. The monoisotopic (exact) mass is 362 g/mol. The van der Waals surface area contributed by atoms with E-state index in [0.717, 1.165) is 37.6 Å². The van der Waals surface area contributed by atoms with E-state index in [1.54, 1.807) is 24.3 Å². The summed E-state index contributed by atoms with van der Waals surface area (Å²) in [6.07, 6.45) is 7.53. The molecule has 2 aromatic rings. The van der Waals surface area contributed by atoms with Crippen molar-refractivity contribution in [1.29, 1.82) is 0 Å². The van der Waals surface area contributed by atoms with Crippen molar-refractivity contribution in [3.8, 4) is 0 Å². The lowest BCUT2D eigenvalue weighted by Crippen LogP contribution is -2.40. The number of rotatable bonds is 6. The second-order valence-corrected chi connectivity index (χ2v) is 8.37. The molecule has 0 aliphatic carbocycles. The van der Waals surface area contributed by atoms with E-state index in [2.05, 4.69) is 33.6 Å². The van der Waals surface area contributed by atoms with Crippen molar-refractivity contribution in [2.45, 2.75) is 44.4 Å².